The number of aryl methyl sites for hydroxylation is 1. The van der Waals surface area contributed by atoms with Crippen molar-refractivity contribution in [3.63, 3.8) is 0 Å². The Morgan fingerprint density at radius 1 is 1.35 bits per heavy atom. The number of hydrogen-bond acceptors (Lipinski definition) is 3. The molecule has 0 aliphatic carbocycles. The van der Waals surface area contributed by atoms with Crippen LogP contribution in [0.15, 0.2) is 35.2 Å². The molecule has 0 atom stereocenters. The van der Waals surface area contributed by atoms with Crippen LogP contribution < -0.4 is 0 Å². The fourth-order valence-electron chi connectivity index (χ4n) is 1.44. The van der Waals surface area contributed by atoms with Gasteiger partial charge >= 0.3 is 0 Å². The molecule has 1 aromatic carbocycles. The van der Waals surface area contributed by atoms with Crippen molar-refractivity contribution in [2.45, 2.75) is 17.6 Å². The largest absolute Gasteiger partial charge is 0.297 e. The highest BCUT2D eigenvalue weighted by Crippen LogP contribution is 2.28. The summed E-state index contributed by atoms with van der Waals surface area (Å²) in [6, 6.07) is 9.77. The predicted octanol–water partition coefficient (Wildman–Crippen LogP) is 4.81. The maximum atomic E-state index is 10.7. The van der Waals surface area contributed by atoms with E-state index in [1.54, 1.807) is 23.1 Å². The number of aldehydes is 1. The van der Waals surface area contributed by atoms with E-state index < -0.39 is 0 Å². The van der Waals surface area contributed by atoms with Crippen molar-refractivity contribution in [1.29, 1.82) is 0 Å². The summed E-state index contributed by atoms with van der Waals surface area (Å²) in [5.74, 6) is 0.887. The Morgan fingerprint density at radius 2 is 2.06 bits per heavy atom. The van der Waals surface area contributed by atoms with Crippen LogP contribution in [0.3, 0.4) is 0 Å². The summed E-state index contributed by atoms with van der Waals surface area (Å²) in [6.45, 7) is 2.05. The Balaban J connectivity index is 2.04. The summed E-state index contributed by atoms with van der Waals surface area (Å²) >= 11 is 9.13. The first-order valence-corrected chi connectivity index (χ1v) is 7.30. The van der Waals surface area contributed by atoms with Crippen molar-refractivity contribution in [2.75, 3.05) is 0 Å². The minimum absolute atomic E-state index is 0.754. The molecular weight excluding hydrogens is 272 g/mol. The Morgan fingerprint density at radius 3 is 2.65 bits per heavy atom. The standard InChI is InChI=1S/C13H11ClOS2/c1-9-10(6-13(7-15)17-9)8-16-12-4-2-11(14)3-5-12/h2-7H,8H2,1H3. The van der Waals surface area contributed by atoms with Gasteiger partial charge in [0.1, 0.15) is 0 Å². The quantitative estimate of drug-likeness (QED) is 0.591. The maximum absolute atomic E-state index is 10.7. The fourth-order valence-corrected chi connectivity index (χ4v) is 3.47. The molecule has 1 heterocycles. The molecule has 0 aliphatic heterocycles. The number of carbonyl (C=O) groups is 1. The van der Waals surface area contributed by atoms with Crippen molar-refractivity contribution in [2.24, 2.45) is 0 Å². The number of thioether (sulfide) groups is 1. The first-order chi connectivity index (χ1) is 8.19. The van der Waals surface area contributed by atoms with E-state index in [9.17, 15) is 4.79 Å². The molecule has 4 heteroatoms. The van der Waals surface area contributed by atoms with Gasteiger partial charge in [-0.1, -0.05) is 11.6 Å². The van der Waals surface area contributed by atoms with E-state index >= 15 is 0 Å². The van der Waals surface area contributed by atoms with E-state index in [1.807, 2.05) is 30.3 Å². The molecule has 0 saturated carbocycles. The molecule has 17 heavy (non-hydrogen) atoms. The molecule has 0 radical (unpaired) electrons. The van der Waals surface area contributed by atoms with Gasteiger partial charge in [0.25, 0.3) is 0 Å². The first kappa shape index (κ1) is 12.7. The van der Waals surface area contributed by atoms with Gasteiger partial charge < -0.3 is 0 Å². The van der Waals surface area contributed by atoms with Crippen LogP contribution in [0, 0.1) is 6.92 Å². The minimum Gasteiger partial charge on any atom is -0.297 e. The lowest BCUT2D eigenvalue weighted by molar-refractivity contribution is 0.112. The lowest BCUT2D eigenvalue weighted by Crippen LogP contribution is -1.79. The van der Waals surface area contributed by atoms with Crippen molar-refractivity contribution < 1.29 is 4.79 Å². The maximum Gasteiger partial charge on any atom is 0.160 e. The second-order valence-electron chi connectivity index (χ2n) is 3.59. The molecule has 0 unspecified atom stereocenters. The zero-order valence-corrected chi connectivity index (χ0v) is 11.7. The molecule has 2 rings (SSSR count). The number of carbonyl (C=O) groups excluding carboxylic acids is 1. The molecule has 0 fully saturated rings. The van der Waals surface area contributed by atoms with Gasteiger partial charge in [0, 0.05) is 20.5 Å². The predicted molar refractivity (Wildman–Crippen MR) is 75.5 cm³/mol. The van der Waals surface area contributed by atoms with Crippen molar-refractivity contribution in [3.05, 3.63) is 50.7 Å². The SMILES string of the molecule is Cc1sc(C=O)cc1CSc1ccc(Cl)cc1. The number of hydrogen-bond donors (Lipinski definition) is 0. The number of rotatable bonds is 4. The Kier molecular flexibility index (Phi) is 4.26. The molecule has 2 aromatic rings. The Bertz CT molecular complexity index is 517. The topological polar surface area (TPSA) is 17.1 Å². The van der Waals surface area contributed by atoms with E-state index in [0.717, 1.165) is 21.9 Å². The molecular formula is C13H11ClOS2. The number of halogens is 1. The average Bonchev–Trinajstić information content (AvgIpc) is 2.69. The van der Waals surface area contributed by atoms with E-state index in [1.165, 1.54) is 15.3 Å². The van der Waals surface area contributed by atoms with E-state index in [-0.39, 0.29) is 0 Å². The highest BCUT2D eigenvalue weighted by Gasteiger charge is 2.05. The third kappa shape index (κ3) is 3.35. The molecule has 1 nitrogen and oxygen atoms in total. The third-order valence-corrected chi connectivity index (χ3v) is 4.69. The van der Waals surface area contributed by atoms with Crippen LogP contribution in [-0.4, -0.2) is 6.29 Å². The molecule has 88 valence electrons. The lowest BCUT2D eigenvalue weighted by atomic mass is 10.3. The minimum atomic E-state index is 0.754. The van der Waals surface area contributed by atoms with Gasteiger partial charge in [-0.3, -0.25) is 4.79 Å². The summed E-state index contributed by atoms with van der Waals surface area (Å²) in [6.07, 6.45) is 0.911. The normalized spacial score (nSPS) is 10.5. The highest BCUT2D eigenvalue weighted by atomic mass is 35.5. The van der Waals surface area contributed by atoms with Gasteiger partial charge in [-0.05, 0) is 42.8 Å². The van der Waals surface area contributed by atoms with Crippen LogP contribution >= 0.6 is 34.7 Å². The molecule has 0 aliphatic rings. The van der Waals surface area contributed by atoms with Crippen LogP contribution in [0.5, 0.6) is 0 Å². The summed E-state index contributed by atoms with van der Waals surface area (Å²) in [5, 5.41) is 0.754. The van der Waals surface area contributed by atoms with Gasteiger partial charge in [-0.2, -0.15) is 0 Å². The van der Waals surface area contributed by atoms with E-state index in [2.05, 4.69) is 6.92 Å². The van der Waals surface area contributed by atoms with Crippen molar-refractivity contribution >= 4 is 41.0 Å². The van der Waals surface area contributed by atoms with Crippen LogP contribution in [0.1, 0.15) is 20.1 Å². The third-order valence-electron chi connectivity index (χ3n) is 2.36. The van der Waals surface area contributed by atoms with Crippen molar-refractivity contribution in [1.82, 2.24) is 0 Å². The van der Waals surface area contributed by atoms with Gasteiger partial charge in [0.05, 0.1) is 4.88 Å². The summed E-state index contributed by atoms with van der Waals surface area (Å²) in [7, 11) is 0. The van der Waals surface area contributed by atoms with E-state index in [0.29, 0.717) is 0 Å². The monoisotopic (exact) mass is 282 g/mol. The number of benzene rings is 1. The molecule has 0 spiro atoms. The lowest BCUT2D eigenvalue weighted by Gasteiger charge is -2.01. The molecule has 0 amide bonds. The second-order valence-corrected chi connectivity index (χ2v) is 6.36. The Hall–Kier alpha value is -0.770. The summed E-state index contributed by atoms with van der Waals surface area (Å²) < 4.78 is 0. The van der Waals surface area contributed by atoms with Crippen LogP contribution in [0.2, 0.25) is 5.02 Å². The van der Waals surface area contributed by atoms with Gasteiger partial charge in [0.2, 0.25) is 0 Å². The summed E-state index contributed by atoms with van der Waals surface area (Å²) in [4.78, 5) is 13.9. The fraction of sp³-hybridized carbons (Fsp3) is 0.154. The number of thiophene rings is 1. The van der Waals surface area contributed by atoms with Gasteiger partial charge in [-0.15, -0.1) is 23.1 Å². The molecule has 0 bridgehead atoms. The molecule has 0 N–H and O–H groups in total. The Labute approximate surface area is 114 Å². The molecule has 0 saturated heterocycles. The van der Waals surface area contributed by atoms with Crippen LogP contribution in [-0.2, 0) is 5.75 Å². The summed E-state index contributed by atoms with van der Waals surface area (Å²) in [5.41, 5.74) is 1.23. The zero-order chi connectivity index (χ0) is 12.3. The van der Waals surface area contributed by atoms with E-state index in [4.69, 9.17) is 11.6 Å². The van der Waals surface area contributed by atoms with Gasteiger partial charge in [0.15, 0.2) is 6.29 Å². The molecule has 1 aromatic heterocycles. The van der Waals surface area contributed by atoms with Gasteiger partial charge in [-0.25, -0.2) is 0 Å². The smallest absolute Gasteiger partial charge is 0.160 e. The van der Waals surface area contributed by atoms with Crippen LogP contribution in [0.4, 0.5) is 0 Å². The highest BCUT2D eigenvalue weighted by molar-refractivity contribution is 7.98. The second kappa shape index (κ2) is 5.71. The average molecular weight is 283 g/mol. The van der Waals surface area contributed by atoms with Crippen molar-refractivity contribution in [3.8, 4) is 0 Å². The first-order valence-electron chi connectivity index (χ1n) is 5.12. The zero-order valence-electron chi connectivity index (χ0n) is 9.27. The van der Waals surface area contributed by atoms with Crippen LogP contribution in [0.25, 0.3) is 0 Å².